The minimum Gasteiger partial charge on any atom is -0.490 e. The monoisotopic (exact) mass is 515 g/mol. The van der Waals surface area contributed by atoms with E-state index in [-0.39, 0.29) is 24.4 Å². The van der Waals surface area contributed by atoms with Crippen molar-refractivity contribution in [3.63, 3.8) is 0 Å². The van der Waals surface area contributed by atoms with Gasteiger partial charge in [-0.15, -0.1) is 0 Å². The molecule has 6 nitrogen and oxygen atoms in total. The summed E-state index contributed by atoms with van der Waals surface area (Å²) < 4.78 is 17.7. The van der Waals surface area contributed by atoms with E-state index in [4.69, 9.17) is 26.4 Å². The molecule has 0 radical (unpaired) electrons. The van der Waals surface area contributed by atoms with Crippen LogP contribution in [0, 0.1) is 0 Å². The number of thiocarbonyl (C=S) groups is 1. The minimum absolute atomic E-state index is 0.00258. The maximum absolute atomic E-state index is 12.8. The molecule has 1 aromatic carbocycles. The van der Waals surface area contributed by atoms with E-state index in [0.29, 0.717) is 46.9 Å². The molecule has 0 N–H and O–H groups in total. The maximum atomic E-state index is 12.8. The molecule has 30 heavy (non-hydrogen) atoms. The normalized spacial score (nSPS) is 15.3. The Bertz CT molecular complexity index is 841. The molecule has 9 heteroatoms. The summed E-state index contributed by atoms with van der Waals surface area (Å²) in [6.07, 6.45) is 2.54. The van der Waals surface area contributed by atoms with Gasteiger partial charge in [-0.3, -0.25) is 14.5 Å². The van der Waals surface area contributed by atoms with Crippen LogP contribution < -0.4 is 9.47 Å². The van der Waals surface area contributed by atoms with Gasteiger partial charge in [-0.1, -0.05) is 24.0 Å². The first kappa shape index (κ1) is 24.7. The summed E-state index contributed by atoms with van der Waals surface area (Å²) in [5.41, 5.74) is 0.799. The number of rotatable bonds is 10. The number of nitrogens with zero attached hydrogens (tertiary/aromatic N) is 1. The highest BCUT2D eigenvalue weighted by Gasteiger charge is 2.31. The van der Waals surface area contributed by atoms with Gasteiger partial charge in [0, 0.05) is 13.0 Å². The predicted molar refractivity (Wildman–Crippen MR) is 127 cm³/mol. The van der Waals surface area contributed by atoms with Gasteiger partial charge < -0.3 is 14.2 Å². The van der Waals surface area contributed by atoms with Crippen LogP contribution in [0.4, 0.5) is 0 Å². The Morgan fingerprint density at radius 3 is 2.67 bits per heavy atom. The van der Waals surface area contributed by atoms with Crippen LogP contribution in [0.5, 0.6) is 11.5 Å². The predicted octanol–water partition coefficient (Wildman–Crippen LogP) is 5.18. The first-order chi connectivity index (χ1) is 14.3. The van der Waals surface area contributed by atoms with Gasteiger partial charge in [0.15, 0.2) is 11.5 Å². The highest BCUT2D eigenvalue weighted by Crippen LogP contribution is 2.39. The van der Waals surface area contributed by atoms with E-state index in [1.54, 1.807) is 13.0 Å². The van der Waals surface area contributed by atoms with Crippen LogP contribution >= 0.6 is 39.9 Å². The summed E-state index contributed by atoms with van der Waals surface area (Å²) in [6.45, 7) is 8.79. The Morgan fingerprint density at radius 2 is 2.03 bits per heavy atom. The SMILES string of the molecule is CCOC(=O)CCCN1C(=O)/C(=C/c2cc(Br)c(OC(C)C)c(OCC)c2)SC1=S. The van der Waals surface area contributed by atoms with E-state index in [2.05, 4.69) is 15.9 Å². The van der Waals surface area contributed by atoms with Gasteiger partial charge in [-0.25, -0.2) is 0 Å². The molecule has 0 aromatic heterocycles. The molecule has 1 heterocycles. The molecule has 0 spiro atoms. The molecule has 0 saturated carbocycles. The van der Waals surface area contributed by atoms with Crippen LogP contribution in [0.3, 0.4) is 0 Å². The molecule has 0 aliphatic carbocycles. The molecule has 1 saturated heterocycles. The molecule has 164 valence electrons. The molecular formula is C21H26BrNO5S2. The second kappa shape index (κ2) is 11.7. The van der Waals surface area contributed by atoms with Crippen LogP contribution in [-0.4, -0.2) is 47.0 Å². The fourth-order valence-electron chi connectivity index (χ4n) is 2.74. The zero-order valence-corrected chi connectivity index (χ0v) is 20.7. The maximum Gasteiger partial charge on any atom is 0.305 e. The van der Waals surface area contributed by atoms with E-state index < -0.39 is 0 Å². The van der Waals surface area contributed by atoms with Gasteiger partial charge in [0.2, 0.25) is 0 Å². The Kier molecular flexibility index (Phi) is 9.64. The fourth-order valence-corrected chi connectivity index (χ4v) is 4.60. The largest absolute Gasteiger partial charge is 0.490 e. The standard InChI is InChI=1S/C21H26BrNO5S2/c1-5-26-16-11-14(10-15(22)19(16)28-13(3)4)12-17-20(25)23(21(29)30-17)9-7-8-18(24)27-6-2/h10-13H,5-9H2,1-4H3/b17-12-. The lowest BCUT2D eigenvalue weighted by molar-refractivity contribution is -0.143. The zero-order valence-electron chi connectivity index (χ0n) is 17.5. The lowest BCUT2D eigenvalue weighted by atomic mass is 10.1. The highest BCUT2D eigenvalue weighted by molar-refractivity contribution is 9.10. The molecule has 0 unspecified atom stereocenters. The third-order valence-corrected chi connectivity index (χ3v) is 5.89. The van der Waals surface area contributed by atoms with Crippen molar-refractivity contribution >= 4 is 62.2 Å². The number of ether oxygens (including phenoxy) is 3. The van der Waals surface area contributed by atoms with Crippen molar-refractivity contribution in [2.75, 3.05) is 19.8 Å². The van der Waals surface area contributed by atoms with Crippen molar-refractivity contribution < 1.29 is 23.8 Å². The summed E-state index contributed by atoms with van der Waals surface area (Å²) in [7, 11) is 0. The topological polar surface area (TPSA) is 65.1 Å². The van der Waals surface area contributed by atoms with Crippen molar-refractivity contribution in [2.24, 2.45) is 0 Å². The molecule has 1 amide bonds. The molecule has 1 fully saturated rings. The number of amides is 1. The van der Waals surface area contributed by atoms with Gasteiger partial charge in [-0.2, -0.15) is 0 Å². The number of hydrogen-bond donors (Lipinski definition) is 0. The zero-order chi connectivity index (χ0) is 22.3. The average molecular weight is 516 g/mol. The van der Waals surface area contributed by atoms with Crippen LogP contribution in [0.15, 0.2) is 21.5 Å². The van der Waals surface area contributed by atoms with Crippen molar-refractivity contribution in [2.45, 2.75) is 46.6 Å². The van der Waals surface area contributed by atoms with E-state index in [1.165, 1.54) is 16.7 Å². The van der Waals surface area contributed by atoms with E-state index >= 15 is 0 Å². The number of carbonyl (C=O) groups excluding carboxylic acids is 2. The van der Waals surface area contributed by atoms with Gasteiger partial charge in [-0.05, 0) is 73.8 Å². The van der Waals surface area contributed by atoms with Gasteiger partial charge in [0.05, 0.1) is 28.7 Å². The van der Waals surface area contributed by atoms with Crippen molar-refractivity contribution in [1.82, 2.24) is 4.90 Å². The molecule has 0 atom stereocenters. The Balaban J connectivity index is 2.17. The van der Waals surface area contributed by atoms with Crippen LogP contribution in [0.1, 0.15) is 46.1 Å². The fraction of sp³-hybridized carbons (Fsp3) is 0.476. The second-order valence-electron chi connectivity index (χ2n) is 6.67. The van der Waals surface area contributed by atoms with E-state index in [0.717, 1.165) is 10.0 Å². The molecular weight excluding hydrogens is 490 g/mol. The number of thioether (sulfide) groups is 1. The van der Waals surface area contributed by atoms with Crippen LogP contribution in [0.25, 0.3) is 6.08 Å². The average Bonchev–Trinajstić information content (AvgIpc) is 2.92. The summed E-state index contributed by atoms with van der Waals surface area (Å²) in [6, 6.07) is 3.73. The quantitative estimate of drug-likeness (QED) is 0.241. The minimum atomic E-state index is -0.268. The smallest absolute Gasteiger partial charge is 0.305 e. The van der Waals surface area contributed by atoms with Crippen LogP contribution in [-0.2, 0) is 14.3 Å². The van der Waals surface area contributed by atoms with E-state index in [1.807, 2.05) is 32.9 Å². The van der Waals surface area contributed by atoms with Crippen molar-refractivity contribution in [3.8, 4) is 11.5 Å². The van der Waals surface area contributed by atoms with Gasteiger partial charge in [0.1, 0.15) is 4.32 Å². The van der Waals surface area contributed by atoms with Crippen molar-refractivity contribution in [1.29, 1.82) is 0 Å². The Morgan fingerprint density at radius 1 is 1.30 bits per heavy atom. The number of benzene rings is 1. The highest BCUT2D eigenvalue weighted by atomic mass is 79.9. The third-order valence-electron chi connectivity index (χ3n) is 3.92. The van der Waals surface area contributed by atoms with Gasteiger partial charge in [0.25, 0.3) is 5.91 Å². The van der Waals surface area contributed by atoms with Gasteiger partial charge >= 0.3 is 5.97 Å². The number of halogens is 1. The summed E-state index contributed by atoms with van der Waals surface area (Å²) in [5.74, 6) is 0.813. The molecule has 2 rings (SSSR count). The first-order valence-electron chi connectivity index (χ1n) is 9.80. The first-order valence-corrected chi connectivity index (χ1v) is 11.8. The lowest BCUT2D eigenvalue weighted by Crippen LogP contribution is -2.29. The molecule has 1 aliphatic heterocycles. The second-order valence-corrected chi connectivity index (χ2v) is 9.20. The Hall–Kier alpha value is -1.58. The number of carbonyl (C=O) groups is 2. The lowest BCUT2D eigenvalue weighted by Gasteiger charge is -2.17. The summed E-state index contributed by atoms with van der Waals surface area (Å²) >= 11 is 10.1. The summed E-state index contributed by atoms with van der Waals surface area (Å²) in [4.78, 5) is 26.3. The number of hydrogen-bond acceptors (Lipinski definition) is 7. The van der Waals surface area contributed by atoms with E-state index in [9.17, 15) is 9.59 Å². The molecule has 0 bridgehead atoms. The van der Waals surface area contributed by atoms with Crippen molar-refractivity contribution in [3.05, 3.63) is 27.1 Å². The molecule has 1 aliphatic rings. The Labute approximate surface area is 195 Å². The third kappa shape index (κ3) is 6.72. The summed E-state index contributed by atoms with van der Waals surface area (Å²) in [5, 5.41) is 0. The van der Waals surface area contributed by atoms with Crippen LogP contribution in [0.2, 0.25) is 0 Å². The molecule has 1 aromatic rings. The number of esters is 1.